The number of halogens is 1. The van der Waals surface area contributed by atoms with E-state index in [1.54, 1.807) is 6.07 Å². The molecule has 0 heterocycles. The van der Waals surface area contributed by atoms with Crippen molar-refractivity contribution in [1.82, 2.24) is 0 Å². The maximum atomic E-state index is 13.7. The third kappa shape index (κ3) is 1.45. The van der Waals surface area contributed by atoms with Crippen molar-refractivity contribution in [3.05, 3.63) is 35.1 Å². The molecule has 14 heavy (non-hydrogen) atoms. The lowest BCUT2D eigenvalue weighted by Crippen LogP contribution is -2.16. The van der Waals surface area contributed by atoms with Gasteiger partial charge in [0, 0.05) is 0 Å². The molecule has 1 atom stereocenters. The third-order valence-electron chi connectivity index (χ3n) is 3.24. The molecule has 0 bridgehead atoms. The molecule has 1 aromatic rings. The van der Waals surface area contributed by atoms with E-state index in [2.05, 4.69) is 26.8 Å². The Labute approximate surface area is 85.1 Å². The van der Waals surface area contributed by atoms with Crippen molar-refractivity contribution in [3.8, 4) is 0 Å². The number of fused-ring (bicyclic) bond motifs is 1. The second kappa shape index (κ2) is 3.08. The van der Waals surface area contributed by atoms with Crippen molar-refractivity contribution in [1.29, 1.82) is 0 Å². The van der Waals surface area contributed by atoms with Gasteiger partial charge in [0.1, 0.15) is 5.82 Å². The Morgan fingerprint density at radius 3 is 2.64 bits per heavy atom. The second-order valence-corrected chi connectivity index (χ2v) is 5.27. The van der Waals surface area contributed by atoms with Crippen LogP contribution in [0, 0.1) is 11.2 Å². The van der Waals surface area contributed by atoms with Crippen LogP contribution in [0.15, 0.2) is 18.2 Å². The fraction of sp³-hybridized carbons (Fsp3) is 0.538. The van der Waals surface area contributed by atoms with Crippen LogP contribution in [0.1, 0.15) is 44.2 Å². The standard InChI is InChI=1S/C13H17F/c1-13(2,3)10-8-7-9-5-4-6-11(14)12(9)10/h4-6,10H,7-8H2,1-3H3/t10-/m0/s1. The predicted molar refractivity (Wildman–Crippen MR) is 56.9 cm³/mol. The Hall–Kier alpha value is -0.850. The Morgan fingerprint density at radius 1 is 1.29 bits per heavy atom. The summed E-state index contributed by atoms with van der Waals surface area (Å²) in [6, 6.07) is 5.46. The van der Waals surface area contributed by atoms with E-state index in [4.69, 9.17) is 0 Å². The number of hydrogen-bond donors (Lipinski definition) is 0. The Balaban J connectivity index is 2.48. The van der Waals surface area contributed by atoms with E-state index in [9.17, 15) is 4.39 Å². The first-order valence-electron chi connectivity index (χ1n) is 5.27. The normalized spacial score (nSPS) is 21.0. The summed E-state index contributed by atoms with van der Waals surface area (Å²) >= 11 is 0. The number of hydrogen-bond acceptors (Lipinski definition) is 0. The molecular formula is C13H17F. The number of rotatable bonds is 0. The fourth-order valence-corrected chi connectivity index (χ4v) is 2.50. The molecular weight excluding hydrogens is 175 g/mol. The topological polar surface area (TPSA) is 0 Å². The molecule has 76 valence electrons. The van der Waals surface area contributed by atoms with Crippen LogP contribution >= 0.6 is 0 Å². The monoisotopic (exact) mass is 192 g/mol. The van der Waals surface area contributed by atoms with Crippen molar-refractivity contribution in [3.63, 3.8) is 0 Å². The average molecular weight is 192 g/mol. The largest absolute Gasteiger partial charge is 0.207 e. The van der Waals surface area contributed by atoms with Gasteiger partial charge >= 0.3 is 0 Å². The van der Waals surface area contributed by atoms with Crippen LogP contribution in [0.25, 0.3) is 0 Å². The van der Waals surface area contributed by atoms with Gasteiger partial charge in [-0.3, -0.25) is 0 Å². The zero-order valence-electron chi connectivity index (χ0n) is 9.10. The van der Waals surface area contributed by atoms with Crippen molar-refractivity contribution >= 4 is 0 Å². The SMILES string of the molecule is CC(C)(C)[C@H]1CCc2cccc(F)c21. The van der Waals surface area contributed by atoms with Crippen LogP contribution in [0.5, 0.6) is 0 Å². The molecule has 2 rings (SSSR count). The number of aryl methyl sites for hydroxylation is 1. The summed E-state index contributed by atoms with van der Waals surface area (Å²) in [5.74, 6) is 0.374. The molecule has 1 aromatic carbocycles. The lowest BCUT2D eigenvalue weighted by atomic mass is 9.77. The first-order chi connectivity index (χ1) is 6.50. The van der Waals surface area contributed by atoms with Crippen molar-refractivity contribution in [2.45, 2.75) is 39.5 Å². The van der Waals surface area contributed by atoms with Gasteiger partial charge in [0.05, 0.1) is 0 Å². The van der Waals surface area contributed by atoms with Gasteiger partial charge in [-0.25, -0.2) is 4.39 Å². The molecule has 0 radical (unpaired) electrons. The molecule has 1 aliphatic carbocycles. The zero-order chi connectivity index (χ0) is 10.3. The first-order valence-corrected chi connectivity index (χ1v) is 5.27. The van der Waals surface area contributed by atoms with E-state index >= 15 is 0 Å². The van der Waals surface area contributed by atoms with Gasteiger partial charge in [-0.05, 0) is 41.4 Å². The van der Waals surface area contributed by atoms with E-state index in [-0.39, 0.29) is 11.2 Å². The van der Waals surface area contributed by atoms with E-state index < -0.39 is 0 Å². The molecule has 0 amide bonds. The van der Waals surface area contributed by atoms with Crippen molar-refractivity contribution in [2.75, 3.05) is 0 Å². The van der Waals surface area contributed by atoms with Gasteiger partial charge < -0.3 is 0 Å². The van der Waals surface area contributed by atoms with Crippen molar-refractivity contribution < 1.29 is 4.39 Å². The number of benzene rings is 1. The molecule has 0 spiro atoms. The Kier molecular flexibility index (Phi) is 2.13. The molecule has 0 N–H and O–H groups in total. The first kappa shape index (κ1) is 9.70. The summed E-state index contributed by atoms with van der Waals surface area (Å²) in [5.41, 5.74) is 2.36. The Bertz CT molecular complexity index is 347. The highest BCUT2D eigenvalue weighted by atomic mass is 19.1. The van der Waals surface area contributed by atoms with E-state index in [0.717, 1.165) is 18.4 Å². The zero-order valence-corrected chi connectivity index (χ0v) is 9.10. The minimum Gasteiger partial charge on any atom is -0.207 e. The van der Waals surface area contributed by atoms with Crippen LogP contribution in [-0.2, 0) is 6.42 Å². The fourth-order valence-electron chi connectivity index (χ4n) is 2.50. The lowest BCUT2D eigenvalue weighted by Gasteiger charge is -2.27. The van der Waals surface area contributed by atoms with Gasteiger partial charge in [0.15, 0.2) is 0 Å². The summed E-state index contributed by atoms with van der Waals surface area (Å²) in [6.07, 6.45) is 2.13. The lowest BCUT2D eigenvalue weighted by molar-refractivity contribution is 0.313. The van der Waals surface area contributed by atoms with Crippen LogP contribution in [0.2, 0.25) is 0 Å². The molecule has 0 fully saturated rings. The Morgan fingerprint density at radius 2 is 2.00 bits per heavy atom. The van der Waals surface area contributed by atoms with Crippen LogP contribution < -0.4 is 0 Å². The molecule has 0 nitrogen and oxygen atoms in total. The highest BCUT2D eigenvalue weighted by molar-refractivity contribution is 5.37. The van der Waals surface area contributed by atoms with Crippen molar-refractivity contribution in [2.24, 2.45) is 5.41 Å². The second-order valence-electron chi connectivity index (χ2n) is 5.27. The highest BCUT2D eigenvalue weighted by Crippen LogP contribution is 2.45. The van der Waals surface area contributed by atoms with Crippen LogP contribution in [0.4, 0.5) is 4.39 Å². The van der Waals surface area contributed by atoms with Gasteiger partial charge in [-0.2, -0.15) is 0 Å². The summed E-state index contributed by atoms with van der Waals surface area (Å²) in [6.45, 7) is 6.58. The van der Waals surface area contributed by atoms with E-state index in [0.29, 0.717) is 5.92 Å². The van der Waals surface area contributed by atoms with Gasteiger partial charge in [-0.1, -0.05) is 32.9 Å². The van der Waals surface area contributed by atoms with E-state index in [1.165, 1.54) is 5.56 Å². The van der Waals surface area contributed by atoms with Crippen LogP contribution in [-0.4, -0.2) is 0 Å². The summed E-state index contributed by atoms with van der Waals surface area (Å²) in [4.78, 5) is 0. The minimum absolute atomic E-state index is 0.0140. The highest BCUT2D eigenvalue weighted by Gasteiger charge is 2.34. The predicted octanol–water partition coefficient (Wildman–Crippen LogP) is 3.90. The van der Waals surface area contributed by atoms with E-state index in [1.807, 2.05) is 6.07 Å². The molecule has 1 heteroatoms. The molecule has 0 aromatic heterocycles. The average Bonchev–Trinajstić information content (AvgIpc) is 2.47. The minimum atomic E-state index is -0.0140. The summed E-state index contributed by atoms with van der Waals surface area (Å²) in [5, 5.41) is 0. The molecule has 0 saturated heterocycles. The van der Waals surface area contributed by atoms with Gasteiger partial charge in [-0.15, -0.1) is 0 Å². The summed E-state index contributed by atoms with van der Waals surface area (Å²) < 4.78 is 13.7. The quantitative estimate of drug-likeness (QED) is 0.584. The smallest absolute Gasteiger partial charge is 0.126 e. The van der Waals surface area contributed by atoms with Gasteiger partial charge in [0.2, 0.25) is 0 Å². The molecule has 0 saturated carbocycles. The molecule has 0 unspecified atom stereocenters. The maximum Gasteiger partial charge on any atom is 0.126 e. The third-order valence-corrected chi connectivity index (χ3v) is 3.24. The maximum absolute atomic E-state index is 13.7. The molecule has 0 aliphatic heterocycles. The van der Waals surface area contributed by atoms with Gasteiger partial charge in [0.25, 0.3) is 0 Å². The summed E-state index contributed by atoms with van der Waals surface area (Å²) in [7, 11) is 0. The molecule has 1 aliphatic rings. The van der Waals surface area contributed by atoms with Crippen LogP contribution in [0.3, 0.4) is 0 Å².